The van der Waals surface area contributed by atoms with Gasteiger partial charge in [-0.2, -0.15) is 0 Å². The fourth-order valence-corrected chi connectivity index (χ4v) is 5.15. The first-order chi connectivity index (χ1) is 14.1. The van der Waals surface area contributed by atoms with E-state index < -0.39 is 5.60 Å². The molecule has 4 nitrogen and oxygen atoms in total. The molecule has 29 heavy (non-hydrogen) atoms. The summed E-state index contributed by atoms with van der Waals surface area (Å²) in [6.45, 7) is 3.55. The minimum absolute atomic E-state index is 0.261. The third-order valence-electron chi connectivity index (χ3n) is 7.47. The number of carbonyl (C=O) groups is 1. The Hall–Kier alpha value is -2.07. The maximum Gasteiger partial charge on any atom is 0.225 e. The van der Waals surface area contributed by atoms with Crippen LogP contribution in [0, 0.1) is 5.92 Å². The largest absolute Gasteiger partial charge is 0.389 e. The molecular formula is C25H32N2O2. The van der Waals surface area contributed by atoms with Crippen LogP contribution >= 0.6 is 0 Å². The number of piperidine rings is 1. The van der Waals surface area contributed by atoms with E-state index in [0.717, 1.165) is 38.8 Å². The lowest BCUT2D eigenvalue weighted by atomic mass is 9.81. The van der Waals surface area contributed by atoms with Crippen LogP contribution < -0.4 is 0 Å². The third kappa shape index (κ3) is 3.87. The molecule has 0 aromatic heterocycles. The summed E-state index contributed by atoms with van der Waals surface area (Å²) < 4.78 is 0. The van der Waals surface area contributed by atoms with Gasteiger partial charge in [0, 0.05) is 44.2 Å². The summed E-state index contributed by atoms with van der Waals surface area (Å²) in [4.78, 5) is 16.9. The van der Waals surface area contributed by atoms with E-state index in [0.29, 0.717) is 38.3 Å². The van der Waals surface area contributed by atoms with Gasteiger partial charge in [0.05, 0.1) is 5.60 Å². The van der Waals surface area contributed by atoms with Crippen molar-refractivity contribution in [2.75, 3.05) is 26.2 Å². The first-order valence-corrected chi connectivity index (χ1v) is 11.3. The highest BCUT2D eigenvalue weighted by molar-refractivity contribution is 5.79. The van der Waals surface area contributed by atoms with E-state index in [1.165, 1.54) is 28.8 Å². The normalized spacial score (nSPS) is 23.6. The van der Waals surface area contributed by atoms with Crippen LogP contribution in [0.2, 0.25) is 0 Å². The van der Waals surface area contributed by atoms with Crippen LogP contribution in [-0.2, 0) is 24.1 Å². The Bertz CT molecular complexity index is 844. The number of rotatable bonds is 4. The maximum absolute atomic E-state index is 12.5. The van der Waals surface area contributed by atoms with Crippen molar-refractivity contribution >= 4 is 5.91 Å². The third-order valence-corrected chi connectivity index (χ3v) is 7.47. The SMILES string of the molecule is O=C(C1CCC1)N1CCC(O)(Cc2ccc3c(c2)CCN(C2=CC=C2)CC3)CC1. The molecule has 1 amide bonds. The van der Waals surface area contributed by atoms with Crippen LogP contribution in [0.25, 0.3) is 0 Å². The molecule has 1 aromatic rings. The molecular weight excluding hydrogens is 360 g/mol. The monoisotopic (exact) mass is 392 g/mol. The van der Waals surface area contributed by atoms with E-state index in [1.54, 1.807) is 0 Å². The molecule has 4 aliphatic rings. The number of aliphatic hydroxyl groups is 1. The lowest BCUT2D eigenvalue weighted by molar-refractivity contribution is -0.142. The minimum Gasteiger partial charge on any atom is -0.389 e. The molecule has 2 heterocycles. The van der Waals surface area contributed by atoms with Crippen LogP contribution in [-0.4, -0.2) is 52.6 Å². The molecule has 1 saturated carbocycles. The number of amides is 1. The van der Waals surface area contributed by atoms with Crippen molar-refractivity contribution in [3.8, 4) is 0 Å². The molecule has 1 aromatic carbocycles. The van der Waals surface area contributed by atoms with Crippen molar-refractivity contribution in [2.45, 2.75) is 57.0 Å². The van der Waals surface area contributed by atoms with Gasteiger partial charge in [0.25, 0.3) is 0 Å². The van der Waals surface area contributed by atoms with Crippen molar-refractivity contribution in [1.82, 2.24) is 9.80 Å². The minimum atomic E-state index is -0.678. The molecule has 0 spiro atoms. The highest BCUT2D eigenvalue weighted by Gasteiger charge is 2.37. The number of allylic oxidation sites excluding steroid dienone is 3. The Balaban J connectivity index is 1.20. The predicted molar refractivity (Wildman–Crippen MR) is 114 cm³/mol. The van der Waals surface area contributed by atoms with Gasteiger partial charge in [0.15, 0.2) is 0 Å². The zero-order valence-corrected chi connectivity index (χ0v) is 17.3. The van der Waals surface area contributed by atoms with Gasteiger partial charge in [-0.3, -0.25) is 4.79 Å². The van der Waals surface area contributed by atoms with Gasteiger partial charge in [-0.1, -0.05) is 30.7 Å². The second-order valence-corrected chi connectivity index (χ2v) is 9.39. The van der Waals surface area contributed by atoms with E-state index in [4.69, 9.17) is 0 Å². The zero-order valence-electron chi connectivity index (χ0n) is 17.3. The Morgan fingerprint density at radius 3 is 2.41 bits per heavy atom. The molecule has 0 bridgehead atoms. The second kappa shape index (κ2) is 7.64. The highest BCUT2D eigenvalue weighted by Crippen LogP contribution is 2.32. The van der Waals surface area contributed by atoms with Crippen molar-refractivity contribution in [1.29, 1.82) is 0 Å². The van der Waals surface area contributed by atoms with Gasteiger partial charge < -0.3 is 14.9 Å². The molecule has 2 aliphatic heterocycles. The average molecular weight is 393 g/mol. The molecule has 0 unspecified atom stereocenters. The van der Waals surface area contributed by atoms with Gasteiger partial charge >= 0.3 is 0 Å². The highest BCUT2D eigenvalue weighted by atomic mass is 16.3. The van der Waals surface area contributed by atoms with Crippen molar-refractivity contribution < 1.29 is 9.90 Å². The lowest BCUT2D eigenvalue weighted by Crippen LogP contribution is -2.50. The van der Waals surface area contributed by atoms with Crippen LogP contribution in [0.3, 0.4) is 0 Å². The van der Waals surface area contributed by atoms with Crippen LogP contribution in [0.1, 0.15) is 48.8 Å². The fourth-order valence-electron chi connectivity index (χ4n) is 5.15. The van der Waals surface area contributed by atoms with Gasteiger partial charge in [-0.25, -0.2) is 0 Å². The number of nitrogens with zero attached hydrogens (tertiary/aromatic N) is 2. The number of carbonyl (C=O) groups excluding carboxylic acids is 1. The summed E-state index contributed by atoms with van der Waals surface area (Å²) in [5, 5.41) is 11.2. The van der Waals surface area contributed by atoms with E-state index in [-0.39, 0.29) is 5.92 Å². The first kappa shape index (κ1) is 18.9. The average Bonchev–Trinajstić information content (AvgIpc) is 2.82. The second-order valence-electron chi connectivity index (χ2n) is 9.39. The summed E-state index contributed by atoms with van der Waals surface area (Å²) >= 11 is 0. The molecule has 1 saturated heterocycles. The van der Waals surface area contributed by atoms with Crippen LogP contribution in [0.4, 0.5) is 0 Å². The number of benzene rings is 1. The van der Waals surface area contributed by atoms with Crippen molar-refractivity contribution in [3.63, 3.8) is 0 Å². The number of hydrogen-bond acceptors (Lipinski definition) is 3. The standard InChI is InChI=1S/C25H32N2O2/c28-24(21-3-1-4-21)27-15-11-25(29,12-16-27)18-19-7-8-20-9-13-26(23-5-2-6-23)14-10-22(20)17-19/h2,5-8,17,21,29H,1,3-4,9-16,18H2. The molecule has 1 N–H and O–H groups in total. The topological polar surface area (TPSA) is 43.8 Å². The maximum atomic E-state index is 12.5. The predicted octanol–water partition coefficient (Wildman–Crippen LogP) is 3.24. The molecule has 2 fully saturated rings. The lowest BCUT2D eigenvalue weighted by Gasteiger charge is -2.40. The number of fused-ring (bicyclic) bond motifs is 1. The van der Waals surface area contributed by atoms with E-state index in [9.17, 15) is 9.90 Å². The summed E-state index contributed by atoms with van der Waals surface area (Å²) in [5.41, 5.74) is 4.81. The Kier molecular flexibility index (Phi) is 4.99. The van der Waals surface area contributed by atoms with E-state index in [2.05, 4.69) is 41.3 Å². The molecule has 0 atom stereocenters. The van der Waals surface area contributed by atoms with Crippen LogP contribution in [0.5, 0.6) is 0 Å². The van der Waals surface area contributed by atoms with Gasteiger partial charge in [0.1, 0.15) is 0 Å². The molecule has 2 aliphatic carbocycles. The van der Waals surface area contributed by atoms with Gasteiger partial charge in [-0.05, 0) is 67.4 Å². The van der Waals surface area contributed by atoms with Gasteiger partial charge in [-0.15, -0.1) is 0 Å². The van der Waals surface area contributed by atoms with E-state index in [1.807, 2.05) is 4.90 Å². The summed E-state index contributed by atoms with van der Waals surface area (Å²) in [6, 6.07) is 6.81. The number of likely N-dealkylation sites (tertiary alicyclic amines) is 1. The summed E-state index contributed by atoms with van der Waals surface area (Å²) in [5.74, 6) is 0.584. The van der Waals surface area contributed by atoms with E-state index >= 15 is 0 Å². The van der Waals surface area contributed by atoms with Gasteiger partial charge in [0.2, 0.25) is 5.91 Å². The van der Waals surface area contributed by atoms with Crippen molar-refractivity contribution in [2.24, 2.45) is 5.92 Å². The Labute approximate surface area is 173 Å². The fraction of sp³-hybridized carbons (Fsp3) is 0.560. The number of hydrogen-bond donors (Lipinski definition) is 1. The van der Waals surface area contributed by atoms with Crippen molar-refractivity contribution in [3.05, 3.63) is 58.8 Å². The quantitative estimate of drug-likeness (QED) is 0.856. The summed E-state index contributed by atoms with van der Waals surface area (Å²) in [6.07, 6.45) is 14.0. The smallest absolute Gasteiger partial charge is 0.225 e. The first-order valence-electron chi connectivity index (χ1n) is 11.3. The molecule has 4 heteroatoms. The molecule has 5 rings (SSSR count). The summed E-state index contributed by atoms with van der Waals surface area (Å²) in [7, 11) is 0. The Morgan fingerprint density at radius 1 is 1.07 bits per heavy atom. The Morgan fingerprint density at radius 2 is 1.79 bits per heavy atom. The van der Waals surface area contributed by atoms with Crippen LogP contribution in [0.15, 0.2) is 42.1 Å². The zero-order chi connectivity index (χ0) is 19.8. The molecule has 0 radical (unpaired) electrons. The molecule has 154 valence electrons.